The van der Waals surface area contributed by atoms with Gasteiger partial charge in [0, 0.05) is 34.3 Å². The topological polar surface area (TPSA) is 79.3 Å². The van der Waals surface area contributed by atoms with Crippen molar-refractivity contribution in [2.45, 2.75) is 30.2 Å². The standard InChI is InChI=1S/C27H26ClN3O4S3/c28-22-9-8-19(17-24(22)38(33,34)30-10-12-35-13-11-30)27(32)31-26(23-7-3-15-37-23)21-6-1-4-18(25(21)29-31)16-20-5-2-14-36-20/h2-3,5,7-9,14-17,21,26H,1,4,6,10-13H2/b18-16+/t21-,26-/m0/s1. The van der Waals surface area contributed by atoms with Crippen LogP contribution in [0.25, 0.3) is 6.08 Å². The van der Waals surface area contributed by atoms with Crippen LogP contribution in [0.2, 0.25) is 5.02 Å². The third-order valence-corrected chi connectivity index (χ3v) is 11.3. The van der Waals surface area contributed by atoms with Gasteiger partial charge in [0.15, 0.2) is 0 Å². The predicted octanol–water partition coefficient (Wildman–Crippen LogP) is 5.92. The van der Waals surface area contributed by atoms with Gasteiger partial charge in [-0.05, 0) is 72.0 Å². The molecule has 4 heterocycles. The van der Waals surface area contributed by atoms with Gasteiger partial charge in [-0.3, -0.25) is 4.79 Å². The third kappa shape index (κ3) is 4.78. The summed E-state index contributed by atoms with van der Waals surface area (Å²) < 4.78 is 33.4. The van der Waals surface area contributed by atoms with Crippen molar-refractivity contribution in [3.8, 4) is 0 Å². The average Bonchev–Trinajstić information content (AvgIpc) is 3.70. The number of carbonyl (C=O) groups is 1. The van der Waals surface area contributed by atoms with Crippen molar-refractivity contribution in [3.63, 3.8) is 0 Å². The van der Waals surface area contributed by atoms with Gasteiger partial charge in [-0.15, -0.1) is 22.7 Å². The van der Waals surface area contributed by atoms with Crippen LogP contribution in [0.15, 0.2) is 68.8 Å². The maximum atomic E-state index is 14.0. The first kappa shape index (κ1) is 25.9. The number of amides is 1. The molecule has 7 nitrogen and oxygen atoms in total. The number of benzene rings is 1. The third-order valence-electron chi connectivity index (χ3n) is 7.17. The number of allylic oxidation sites excluding steroid dienone is 1. The van der Waals surface area contributed by atoms with E-state index >= 15 is 0 Å². The summed E-state index contributed by atoms with van der Waals surface area (Å²) in [5.74, 6) is -0.253. The molecule has 0 unspecified atom stereocenters. The molecule has 0 radical (unpaired) electrons. The molecule has 0 bridgehead atoms. The van der Waals surface area contributed by atoms with Gasteiger partial charge in [0.25, 0.3) is 5.91 Å². The monoisotopic (exact) mass is 587 g/mol. The molecule has 38 heavy (non-hydrogen) atoms. The highest BCUT2D eigenvalue weighted by atomic mass is 35.5. The van der Waals surface area contributed by atoms with Crippen molar-refractivity contribution in [2.75, 3.05) is 26.3 Å². The fourth-order valence-electron chi connectivity index (χ4n) is 5.34. The van der Waals surface area contributed by atoms with E-state index in [9.17, 15) is 13.2 Å². The van der Waals surface area contributed by atoms with Crippen molar-refractivity contribution in [2.24, 2.45) is 11.0 Å². The van der Waals surface area contributed by atoms with Gasteiger partial charge in [0.1, 0.15) is 4.90 Å². The van der Waals surface area contributed by atoms with Crippen molar-refractivity contribution < 1.29 is 17.9 Å². The molecule has 198 valence electrons. The van der Waals surface area contributed by atoms with Gasteiger partial charge in [0.2, 0.25) is 10.0 Å². The zero-order valence-electron chi connectivity index (χ0n) is 20.5. The number of hydrogen-bond acceptors (Lipinski definition) is 7. The molecule has 1 amide bonds. The van der Waals surface area contributed by atoms with Gasteiger partial charge in [-0.2, -0.15) is 9.41 Å². The van der Waals surface area contributed by atoms with Crippen molar-refractivity contribution in [1.82, 2.24) is 9.31 Å². The fourth-order valence-corrected chi connectivity index (χ4v) is 8.81. The lowest BCUT2D eigenvalue weighted by Gasteiger charge is -2.29. The fraction of sp³-hybridized carbons (Fsp3) is 0.333. The Kier molecular flexibility index (Phi) is 7.28. The van der Waals surface area contributed by atoms with E-state index in [0.717, 1.165) is 40.3 Å². The number of thiophene rings is 2. The molecule has 0 spiro atoms. The molecule has 2 aromatic heterocycles. The Balaban J connectivity index is 1.39. The smallest absolute Gasteiger partial charge is 0.274 e. The summed E-state index contributed by atoms with van der Waals surface area (Å²) in [7, 11) is -3.88. The predicted molar refractivity (Wildman–Crippen MR) is 151 cm³/mol. The number of hydrogen-bond donors (Lipinski definition) is 0. The minimum Gasteiger partial charge on any atom is -0.379 e. The minimum absolute atomic E-state index is 0.0675. The van der Waals surface area contributed by atoms with E-state index in [1.54, 1.807) is 33.7 Å². The molecule has 1 saturated heterocycles. The Bertz CT molecular complexity index is 1490. The molecule has 0 N–H and O–H groups in total. The highest BCUT2D eigenvalue weighted by Crippen LogP contribution is 2.46. The lowest BCUT2D eigenvalue weighted by Crippen LogP contribution is -2.40. The van der Waals surface area contributed by atoms with Crippen LogP contribution in [0.3, 0.4) is 0 Å². The Hall–Kier alpha value is -2.34. The van der Waals surface area contributed by atoms with Crippen LogP contribution >= 0.6 is 34.3 Å². The number of morpholine rings is 1. The Morgan fingerprint density at radius 3 is 2.63 bits per heavy atom. The van der Waals surface area contributed by atoms with E-state index in [0.29, 0.717) is 13.2 Å². The first-order chi connectivity index (χ1) is 18.4. The quantitative estimate of drug-likeness (QED) is 0.371. The van der Waals surface area contributed by atoms with Gasteiger partial charge in [0.05, 0.1) is 30.0 Å². The van der Waals surface area contributed by atoms with Crippen LogP contribution in [0.4, 0.5) is 0 Å². The number of rotatable bonds is 5. The number of sulfonamides is 1. The molecule has 11 heteroatoms. The summed E-state index contributed by atoms with van der Waals surface area (Å²) in [6.07, 6.45) is 5.05. The molecule has 1 aromatic carbocycles. The first-order valence-electron chi connectivity index (χ1n) is 12.5. The molecule has 6 rings (SSSR count). The highest BCUT2D eigenvalue weighted by molar-refractivity contribution is 7.89. The average molecular weight is 588 g/mol. The largest absolute Gasteiger partial charge is 0.379 e. The zero-order valence-corrected chi connectivity index (χ0v) is 23.7. The Labute approximate surface area is 235 Å². The summed E-state index contributed by atoms with van der Waals surface area (Å²) in [5, 5.41) is 10.6. The first-order valence-corrected chi connectivity index (χ1v) is 16.1. The second-order valence-electron chi connectivity index (χ2n) is 9.44. The van der Waals surface area contributed by atoms with Gasteiger partial charge in [-0.1, -0.05) is 23.7 Å². The number of nitrogens with zero attached hydrogens (tertiary/aromatic N) is 3. The van der Waals surface area contributed by atoms with E-state index in [4.69, 9.17) is 21.4 Å². The van der Waals surface area contributed by atoms with Crippen LogP contribution in [0.5, 0.6) is 0 Å². The van der Waals surface area contributed by atoms with Crippen LogP contribution in [0.1, 0.15) is 45.4 Å². The number of fused-ring (bicyclic) bond motifs is 1. The SMILES string of the molecule is O=C(c1ccc(Cl)c(S(=O)(=O)N2CCOCC2)c1)N1N=C2/C(=C/c3cccs3)CCC[C@@H]2[C@H]1c1cccs1. The van der Waals surface area contributed by atoms with E-state index in [-0.39, 0.29) is 46.4 Å². The van der Waals surface area contributed by atoms with Gasteiger partial charge >= 0.3 is 0 Å². The number of hydrazone groups is 1. The second kappa shape index (κ2) is 10.7. The molecule has 2 fully saturated rings. The van der Waals surface area contributed by atoms with E-state index in [1.165, 1.54) is 16.4 Å². The lowest BCUT2D eigenvalue weighted by molar-refractivity contribution is 0.0683. The molecule has 2 aliphatic heterocycles. The maximum absolute atomic E-state index is 14.0. The Morgan fingerprint density at radius 1 is 1.11 bits per heavy atom. The van der Waals surface area contributed by atoms with Crippen LogP contribution < -0.4 is 0 Å². The molecular weight excluding hydrogens is 562 g/mol. The summed E-state index contributed by atoms with van der Waals surface area (Å²) in [6.45, 7) is 1.15. The lowest BCUT2D eigenvalue weighted by atomic mass is 9.79. The summed E-state index contributed by atoms with van der Waals surface area (Å²) >= 11 is 9.65. The molecule has 1 aliphatic carbocycles. The molecular formula is C27H26ClN3O4S3. The minimum atomic E-state index is -3.88. The van der Waals surface area contributed by atoms with Crippen molar-refractivity contribution in [1.29, 1.82) is 0 Å². The van der Waals surface area contributed by atoms with Crippen LogP contribution in [-0.2, 0) is 14.8 Å². The number of carbonyl (C=O) groups excluding carboxylic acids is 1. The highest BCUT2D eigenvalue weighted by Gasteiger charge is 2.44. The normalized spacial score (nSPS) is 23.4. The zero-order chi connectivity index (χ0) is 26.3. The second-order valence-corrected chi connectivity index (χ2v) is 13.7. The summed E-state index contributed by atoms with van der Waals surface area (Å²) in [5.41, 5.74) is 2.35. The number of halogens is 1. The summed E-state index contributed by atoms with van der Waals surface area (Å²) in [4.78, 5) is 16.2. The van der Waals surface area contributed by atoms with Crippen molar-refractivity contribution >= 4 is 62.0 Å². The summed E-state index contributed by atoms with van der Waals surface area (Å²) in [6, 6.07) is 12.4. The molecule has 3 aliphatic rings. The number of ether oxygens (including phenoxy) is 1. The van der Waals surface area contributed by atoms with Gasteiger partial charge in [-0.25, -0.2) is 13.4 Å². The van der Waals surface area contributed by atoms with E-state index in [1.807, 2.05) is 23.6 Å². The van der Waals surface area contributed by atoms with Crippen molar-refractivity contribution in [3.05, 3.63) is 79.1 Å². The van der Waals surface area contributed by atoms with E-state index < -0.39 is 10.0 Å². The van der Waals surface area contributed by atoms with Gasteiger partial charge < -0.3 is 4.74 Å². The molecule has 1 saturated carbocycles. The molecule has 2 atom stereocenters. The Morgan fingerprint density at radius 2 is 1.89 bits per heavy atom. The van der Waals surface area contributed by atoms with Crippen LogP contribution in [0, 0.1) is 5.92 Å². The van der Waals surface area contributed by atoms with E-state index in [2.05, 4.69) is 17.5 Å². The maximum Gasteiger partial charge on any atom is 0.274 e. The van der Waals surface area contributed by atoms with Crippen LogP contribution in [-0.4, -0.2) is 55.7 Å². The molecule has 3 aromatic rings.